The first kappa shape index (κ1) is 18.4. The largest absolute Gasteiger partial charge is 0.369 e. The summed E-state index contributed by atoms with van der Waals surface area (Å²) in [4.78, 5) is 16.8. The summed E-state index contributed by atoms with van der Waals surface area (Å²) < 4.78 is 0. The second-order valence-electron chi connectivity index (χ2n) is 6.98. The fourth-order valence-electron chi connectivity index (χ4n) is 3.17. The summed E-state index contributed by atoms with van der Waals surface area (Å²) >= 11 is 0. The van der Waals surface area contributed by atoms with Crippen LogP contribution in [0, 0.1) is 6.92 Å². The molecule has 5 nitrogen and oxygen atoms in total. The highest BCUT2D eigenvalue weighted by atomic mass is 16.1. The number of anilines is 2. The van der Waals surface area contributed by atoms with E-state index in [1.54, 1.807) is 0 Å². The molecule has 1 aliphatic rings. The van der Waals surface area contributed by atoms with Crippen molar-refractivity contribution < 1.29 is 4.79 Å². The maximum absolute atomic E-state index is 12.1. The second kappa shape index (κ2) is 8.83. The van der Waals surface area contributed by atoms with Crippen molar-refractivity contribution in [2.24, 2.45) is 0 Å². The minimum absolute atomic E-state index is 0.0231. The van der Waals surface area contributed by atoms with E-state index in [-0.39, 0.29) is 5.91 Å². The van der Waals surface area contributed by atoms with Gasteiger partial charge in [0, 0.05) is 44.1 Å². The van der Waals surface area contributed by atoms with Crippen LogP contribution in [0.5, 0.6) is 0 Å². The van der Waals surface area contributed by atoms with Gasteiger partial charge in [-0.15, -0.1) is 0 Å². The number of nitrogens with one attached hydrogen (secondary N) is 2. The number of hydrogen-bond donors (Lipinski definition) is 2. The smallest absolute Gasteiger partial charge is 0.238 e. The first-order valence-corrected chi connectivity index (χ1v) is 9.20. The number of amides is 1. The van der Waals surface area contributed by atoms with E-state index in [2.05, 4.69) is 64.7 Å². The highest BCUT2D eigenvalue weighted by molar-refractivity contribution is 5.92. The Labute approximate surface area is 156 Å². The number of rotatable bonds is 6. The zero-order valence-corrected chi connectivity index (χ0v) is 15.7. The summed E-state index contributed by atoms with van der Waals surface area (Å²) in [7, 11) is 2.16. The Bertz CT molecular complexity index is 721. The van der Waals surface area contributed by atoms with E-state index in [1.165, 1.54) is 16.8 Å². The molecule has 0 radical (unpaired) electrons. The molecule has 0 bridgehead atoms. The first-order valence-electron chi connectivity index (χ1n) is 9.20. The Hall–Kier alpha value is -2.37. The Morgan fingerprint density at radius 3 is 2.46 bits per heavy atom. The van der Waals surface area contributed by atoms with Crippen LogP contribution >= 0.6 is 0 Å². The predicted octanol–water partition coefficient (Wildman–Crippen LogP) is 2.48. The van der Waals surface area contributed by atoms with Gasteiger partial charge in [0.15, 0.2) is 0 Å². The molecule has 2 aromatic rings. The van der Waals surface area contributed by atoms with Crippen LogP contribution < -0.4 is 15.5 Å². The van der Waals surface area contributed by atoms with Crippen molar-refractivity contribution in [3.8, 4) is 0 Å². The van der Waals surface area contributed by atoms with E-state index in [9.17, 15) is 4.79 Å². The Morgan fingerprint density at radius 1 is 1.04 bits per heavy atom. The number of benzene rings is 2. The zero-order chi connectivity index (χ0) is 18.4. The number of piperazine rings is 1. The van der Waals surface area contributed by atoms with Gasteiger partial charge in [-0.05, 0) is 43.8 Å². The summed E-state index contributed by atoms with van der Waals surface area (Å²) in [5.74, 6) is -0.0231. The monoisotopic (exact) mass is 352 g/mol. The van der Waals surface area contributed by atoms with Crippen molar-refractivity contribution in [1.82, 2.24) is 10.2 Å². The molecule has 26 heavy (non-hydrogen) atoms. The predicted molar refractivity (Wildman–Crippen MR) is 108 cm³/mol. The van der Waals surface area contributed by atoms with Crippen LogP contribution in [0.1, 0.15) is 11.1 Å². The standard InChI is InChI=1S/C21H28N4O/c1-17-4-3-5-18(14-17)15-22-16-21(26)23-19-6-8-20(9-7-19)25-12-10-24(2)11-13-25/h3-9,14,22H,10-13,15-16H2,1-2H3,(H,23,26). The zero-order valence-electron chi connectivity index (χ0n) is 15.7. The molecular formula is C21H28N4O. The highest BCUT2D eigenvalue weighted by Gasteiger charge is 2.14. The highest BCUT2D eigenvalue weighted by Crippen LogP contribution is 2.19. The van der Waals surface area contributed by atoms with Crippen LogP contribution in [0.2, 0.25) is 0 Å². The molecule has 5 heteroatoms. The molecule has 138 valence electrons. The molecule has 0 aliphatic carbocycles. The number of hydrogen-bond acceptors (Lipinski definition) is 4. The van der Waals surface area contributed by atoms with Crippen molar-refractivity contribution >= 4 is 17.3 Å². The Morgan fingerprint density at radius 2 is 1.77 bits per heavy atom. The van der Waals surface area contributed by atoms with Gasteiger partial charge in [0.2, 0.25) is 5.91 Å². The van der Waals surface area contributed by atoms with Crippen molar-refractivity contribution in [1.29, 1.82) is 0 Å². The molecule has 2 N–H and O–H groups in total. The fourth-order valence-corrected chi connectivity index (χ4v) is 3.17. The van der Waals surface area contributed by atoms with E-state index in [0.29, 0.717) is 13.1 Å². The lowest BCUT2D eigenvalue weighted by molar-refractivity contribution is -0.115. The molecule has 2 aromatic carbocycles. The lowest BCUT2D eigenvalue weighted by Crippen LogP contribution is -2.44. The molecule has 1 fully saturated rings. The van der Waals surface area contributed by atoms with Gasteiger partial charge >= 0.3 is 0 Å². The van der Waals surface area contributed by atoms with Crippen LogP contribution in [0.3, 0.4) is 0 Å². The molecule has 1 heterocycles. The first-order chi connectivity index (χ1) is 12.6. The summed E-state index contributed by atoms with van der Waals surface area (Å²) in [6.45, 7) is 7.33. The van der Waals surface area contributed by atoms with Gasteiger partial charge in [0.1, 0.15) is 0 Å². The quantitative estimate of drug-likeness (QED) is 0.839. The molecule has 0 atom stereocenters. The SMILES string of the molecule is Cc1cccc(CNCC(=O)Nc2ccc(N3CCN(C)CC3)cc2)c1. The Kier molecular flexibility index (Phi) is 6.26. The number of nitrogens with zero attached hydrogens (tertiary/aromatic N) is 2. The topological polar surface area (TPSA) is 47.6 Å². The lowest BCUT2D eigenvalue weighted by Gasteiger charge is -2.34. The number of likely N-dealkylation sites (N-methyl/N-ethyl adjacent to an activating group) is 1. The number of aryl methyl sites for hydroxylation is 1. The third kappa shape index (κ3) is 5.31. The summed E-state index contributed by atoms with van der Waals surface area (Å²) in [5, 5.41) is 6.14. The van der Waals surface area contributed by atoms with E-state index in [1.807, 2.05) is 18.2 Å². The van der Waals surface area contributed by atoms with Gasteiger partial charge in [-0.3, -0.25) is 4.79 Å². The average Bonchev–Trinajstić information content (AvgIpc) is 2.63. The van der Waals surface area contributed by atoms with Gasteiger partial charge < -0.3 is 20.4 Å². The van der Waals surface area contributed by atoms with E-state index in [0.717, 1.165) is 31.9 Å². The van der Waals surface area contributed by atoms with Gasteiger partial charge in [0.25, 0.3) is 0 Å². The van der Waals surface area contributed by atoms with E-state index >= 15 is 0 Å². The molecule has 1 aliphatic heterocycles. The van der Waals surface area contributed by atoms with Crippen LogP contribution in [0.15, 0.2) is 48.5 Å². The maximum Gasteiger partial charge on any atom is 0.238 e. The molecular weight excluding hydrogens is 324 g/mol. The van der Waals surface area contributed by atoms with Crippen LogP contribution in [-0.2, 0) is 11.3 Å². The van der Waals surface area contributed by atoms with Gasteiger partial charge in [0.05, 0.1) is 6.54 Å². The molecule has 0 unspecified atom stereocenters. The molecule has 3 rings (SSSR count). The number of carbonyl (C=O) groups is 1. The van der Waals surface area contributed by atoms with Crippen LogP contribution in [0.4, 0.5) is 11.4 Å². The molecule has 0 saturated carbocycles. The normalized spacial score (nSPS) is 15.1. The minimum atomic E-state index is -0.0231. The Balaban J connectivity index is 1.44. The minimum Gasteiger partial charge on any atom is -0.369 e. The molecule has 1 amide bonds. The third-order valence-corrected chi connectivity index (χ3v) is 4.72. The van der Waals surface area contributed by atoms with Crippen molar-refractivity contribution in [2.75, 3.05) is 50.0 Å². The van der Waals surface area contributed by atoms with E-state index in [4.69, 9.17) is 0 Å². The van der Waals surface area contributed by atoms with Crippen LogP contribution in [0.25, 0.3) is 0 Å². The van der Waals surface area contributed by atoms with Gasteiger partial charge in [-0.2, -0.15) is 0 Å². The average molecular weight is 352 g/mol. The maximum atomic E-state index is 12.1. The summed E-state index contributed by atoms with van der Waals surface area (Å²) in [5.41, 5.74) is 4.47. The summed E-state index contributed by atoms with van der Waals surface area (Å²) in [6.07, 6.45) is 0. The van der Waals surface area contributed by atoms with Crippen molar-refractivity contribution in [2.45, 2.75) is 13.5 Å². The number of carbonyl (C=O) groups excluding carboxylic acids is 1. The second-order valence-corrected chi connectivity index (χ2v) is 6.98. The molecule has 1 saturated heterocycles. The van der Waals surface area contributed by atoms with Crippen molar-refractivity contribution in [3.63, 3.8) is 0 Å². The summed E-state index contributed by atoms with van der Waals surface area (Å²) in [6, 6.07) is 16.4. The van der Waals surface area contributed by atoms with Gasteiger partial charge in [-0.1, -0.05) is 29.8 Å². The third-order valence-electron chi connectivity index (χ3n) is 4.72. The fraction of sp³-hybridized carbons (Fsp3) is 0.381. The molecule has 0 aromatic heterocycles. The van der Waals surface area contributed by atoms with Gasteiger partial charge in [-0.25, -0.2) is 0 Å². The molecule has 0 spiro atoms. The van der Waals surface area contributed by atoms with Crippen LogP contribution in [-0.4, -0.2) is 50.6 Å². The lowest BCUT2D eigenvalue weighted by atomic mass is 10.1. The van der Waals surface area contributed by atoms with Crippen molar-refractivity contribution in [3.05, 3.63) is 59.7 Å². The van der Waals surface area contributed by atoms with E-state index < -0.39 is 0 Å².